The van der Waals surface area contributed by atoms with Gasteiger partial charge in [0, 0.05) is 55.4 Å². The van der Waals surface area contributed by atoms with Crippen molar-refractivity contribution >= 4 is 29.1 Å². The van der Waals surface area contributed by atoms with Crippen LogP contribution in [-0.4, -0.2) is 60.9 Å². The molecule has 2 fully saturated rings. The van der Waals surface area contributed by atoms with E-state index < -0.39 is 5.41 Å². The van der Waals surface area contributed by atoms with Crippen LogP contribution in [-0.2, 0) is 9.59 Å². The number of amides is 2. The summed E-state index contributed by atoms with van der Waals surface area (Å²) in [6.07, 6.45) is 1.78. The molecule has 1 unspecified atom stereocenters. The molecule has 0 aliphatic carbocycles. The first kappa shape index (κ1) is 20.0. The second kappa shape index (κ2) is 8.09. The zero-order valence-electron chi connectivity index (χ0n) is 16.6. The smallest absolute Gasteiger partial charge is 0.227 e. The Morgan fingerprint density at radius 1 is 1.04 bits per heavy atom. The first-order valence-corrected chi connectivity index (χ1v) is 10.2. The summed E-state index contributed by atoms with van der Waals surface area (Å²) in [6.45, 7) is 10.2. The summed E-state index contributed by atoms with van der Waals surface area (Å²) in [6, 6.07) is 7.85. The molecule has 1 aromatic rings. The maximum atomic E-state index is 13.0. The van der Waals surface area contributed by atoms with Gasteiger partial charge in [0.05, 0.1) is 5.92 Å². The number of likely N-dealkylation sites (tertiary alicyclic amines) is 1. The van der Waals surface area contributed by atoms with Gasteiger partial charge in [-0.05, 0) is 31.0 Å². The van der Waals surface area contributed by atoms with Crippen LogP contribution in [0.3, 0.4) is 0 Å². The predicted molar refractivity (Wildman–Crippen MR) is 109 cm³/mol. The first-order valence-electron chi connectivity index (χ1n) is 9.84. The lowest BCUT2D eigenvalue weighted by molar-refractivity contribution is -0.145. The molecule has 0 radical (unpaired) electrons. The third-order valence-electron chi connectivity index (χ3n) is 5.46. The van der Waals surface area contributed by atoms with Crippen LogP contribution >= 0.6 is 11.6 Å². The van der Waals surface area contributed by atoms with Crippen LogP contribution in [0.15, 0.2) is 24.3 Å². The fraction of sp³-hybridized carbons (Fsp3) is 0.619. The van der Waals surface area contributed by atoms with Crippen molar-refractivity contribution in [2.45, 2.75) is 33.6 Å². The number of carbonyl (C=O) groups is 2. The summed E-state index contributed by atoms with van der Waals surface area (Å²) in [7, 11) is 0. The molecule has 2 amide bonds. The van der Waals surface area contributed by atoms with Crippen molar-refractivity contribution in [1.82, 2.24) is 9.80 Å². The average molecular weight is 392 g/mol. The van der Waals surface area contributed by atoms with E-state index in [1.165, 1.54) is 0 Å². The van der Waals surface area contributed by atoms with Gasteiger partial charge in [-0.25, -0.2) is 0 Å². The lowest BCUT2D eigenvalue weighted by atomic mass is 9.90. The van der Waals surface area contributed by atoms with Crippen molar-refractivity contribution < 1.29 is 9.59 Å². The van der Waals surface area contributed by atoms with Crippen molar-refractivity contribution in [3.05, 3.63) is 29.3 Å². The molecule has 0 spiro atoms. The van der Waals surface area contributed by atoms with Crippen LogP contribution in [0.1, 0.15) is 33.6 Å². The highest BCUT2D eigenvalue weighted by Gasteiger charge is 2.35. The molecule has 148 valence electrons. The Labute approximate surface area is 167 Å². The van der Waals surface area contributed by atoms with Gasteiger partial charge in [-0.2, -0.15) is 0 Å². The van der Waals surface area contributed by atoms with Crippen LogP contribution in [0.25, 0.3) is 0 Å². The highest BCUT2D eigenvalue weighted by Crippen LogP contribution is 2.26. The maximum absolute atomic E-state index is 13.0. The minimum atomic E-state index is -0.395. The Morgan fingerprint density at radius 2 is 1.74 bits per heavy atom. The third-order valence-corrected chi connectivity index (χ3v) is 5.70. The molecule has 5 nitrogen and oxygen atoms in total. The second-order valence-corrected chi connectivity index (χ2v) is 9.07. The van der Waals surface area contributed by atoms with Gasteiger partial charge in [0.25, 0.3) is 0 Å². The SMILES string of the molecule is CC(C)(C)C(=O)N1CCCC(C(=O)N2CCN(c3cccc(Cl)c3)CC2)C1. The molecule has 2 saturated heterocycles. The number of rotatable bonds is 2. The van der Waals surface area contributed by atoms with Gasteiger partial charge in [0.2, 0.25) is 11.8 Å². The molecule has 2 aliphatic heterocycles. The minimum absolute atomic E-state index is 0.0669. The zero-order valence-corrected chi connectivity index (χ0v) is 17.3. The predicted octanol–water partition coefficient (Wildman–Crippen LogP) is 3.27. The molecule has 0 saturated carbocycles. The Morgan fingerprint density at radius 3 is 2.37 bits per heavy atom. The van der Waals surface area contributed by atoms with Gasteiger partial charge in [0.1, 0.15) is 0 Å². The maximum Gasteiger partial charge on any atom is 0.227 e. The number of nitrogens with zero attached hydrogens (tertiary/aromatic N) is 3. The Bertz CT molecular complexity index is 693. The van der Waals surface area contributed by atoms with E-state index in [9.17, 15) is 9.59 Å². The number of piperidine rings is 1. The molecule has 2 heterocycles. The standard InChI is InChI=1S/C21H30ClN3O2/c1-21(2,3)20(27)25-9-5-6-16(15-25)19(26)24-12-10-23(11-13-24)18-8-4-7-17(22)14-18/h4,7-8,14,16H,5-6,9-13,15H2,1-3H3. The van der Waals surface area contributed by atoms with E-state index in [0.29, 0.717) is 6.54 Å². The van der Waals surface area contributed by atoms with Crippen LogP contribution < -0.4 is 4.90 Å². The number of halogens is 1. The fourth-order valence-corrected chi connectivity index (χ4v) is 4.14. The number of piperazine rings is 1. The normalized spacial score (nSPS) is 21.3. The molecule has 0 bridgehead atoms. The summed E-state index contributed by atoms with van der Waals surface area (Å²) in [5.41, 5.74) is 0.710. The van der Waals surface area contributed by atoms with Gasteiger partial charge < -0.3 is 14.7 Å². The van der Waals surface area contributed by atoms with Crippen molar-refractivity contribution in [2.75, 3.05) is 44.2 Å². The van der Waals surface area contributed by atoms with E-state index in [4.69, 9.17) is 11.6 Å². The Kier molecular flexibility index (Phi) is 5.99. The van der Waals surface area contributed by atoms with Gasteiger partial charge >= 0.3 is 0 Å². The molecule has 0 N–H and O–H groups in total. The monoisotopic (exact) mass is 391 g/mol. The van der Waals surface area contributed by atoms with Crippen LogP contribution in [0.4, 0.5) is 5.69 Å². The molecular weight excluding hydrogens is 362 g/mol. The molecule has 1 atom stereocenters. The highest BCUT2D eigenvalue weighted by molar-refractivity contribution is 6.30. The summed E-state index contributed by atoms with van der Waals surface area (Å²) < 4.78 is 0. The number of carbonyl (C=O) groups excluding carboxylic acids is 2. The molecule has 6 heteroatoms. The molecular formula is C21H30ClN3O2. The lowest BCUT2D eigenvalue weighted by Crippen LogP contribution is -2.54. The zero-order chi connectivity index (χ0) is 19.6. The largest absolute Gasteiger partial charge is 0.368 e. The first-order chi connectivity index (χ1) is 12.8. The minimum Gasteiger partial charge on any atom is -0.368 e. The number of benzene rings is 1. The van der Waals surface area contributed by atoms with E-state index >= 15 is 0 Å². The van der Waals surface area contributed by atoms with Gasteiger partial charge in [-0.1, -0.05) is 38.4 Å². The Balaban J connectivity index is 1.56. The Hall–Kier alpha value is -1.75. The molecule has 1 aromatic carbocycles. The summed E-state index contributed by atoms with van der Waals surface area (Å²) in [5.74, 6) is 0.278. The van der Waals surface area contributed by atoms with Gasteiger partial charge in [-0.15, -0.1) is 0 Å². The summed E-state index contributed by atoms with van der Waals surface area (Å²) in [4.78, 5) is 31.7. The van der Waals surface area contributed by atoms with Crippen molar-refractivity contribution in [2.24, 2.45) is 11.3 Å². The van der Waals surface area contributed by atoms with E-state index in [1.54, 1.807) is 0 Å². The highest BCUT2D eigenvalue weighted by atomic mass is 35.5. The van der Waals surface area contributed by atoms with E-state index in [2.05, 4.69) is 11.0 Å². The van der Waals surface area contributed by atoms with Crippen LogP contribution in [0.2, 0.25) is 5.02 Å². The molecule has 27 heavy (non-hydrogen) atoms. The van der Waals surface area contributed by atoms with E-state index in [-0.39, 0.29) is 17.7 Å². The van der Waals surface area contributed by atoms with Crippen LogP contribution in [0.5, 0.6) is 0 Å². The average Bonchev–Trinajstić information content (AvgIpc) is 2.66. The van der Waals surface area contributed by atoms with Crippen LogP contribution in [0, 0.1) is 11.3 Å². The lowest BCUT2D eigenvalue weighted by Gasteiger charge is -2.40. The number of hydrogen-bond acceptors (Lipinski definition) is 3. The second-order valence-electron chi connectivity index (χ2n) is 8.63. The quantitative estimate of drug-likeness (QED) is 0.777. The van der Waals surface area contributed by atoms with E-state index in [1.807, 2.05) is 48.8 Å². The fourth-order valence-electron chi connectivity index (χ4n) is 3.95. The third kappa shape index (κ3) is 4.75. The number of hydrogen-bond donors (Lipinski definition) is 0. The molecule has 0 aromatic heterocycles. The number of anilines is 1. The van der Waals surface area contributed by atoms with E-state index in [0.717, 1.165) is 56.3 Å². The van der Waals surface area contributed by atoms with Crippen molar-refractivity contribution in [3.8, 4) is 0 Å². The summed E-state index contributed by atoms with van der Waals surface area (Å²) >= 11 is 6.09. The molecule has 3 rings (SSSR count). The topological polar surface area (TPSA) is 43.9 Å². The summed E-state index contributed by atoms with van der Waals surface area (Å²) in [5, 5.41) is 0.733. The van der Waals surface area contributed by atoms with Crippen molar-refractivity contribution in [1.29, 1.82) is 0 Å². The molecule has 2 aliphatic rings. The van der Waals surface area contributed by atoms with Gasteiger partial charge in [-0.3, -0.25) is 9.59 Å². The van der Waals surface area contributed by atoms with Gasteiger partial charge in [0.15, 0.2) is 0 Å². The van der Waals surface area contributed by atoms with Crippen molar-refractivity contribution in [3.63, 3.8) is 0 Å².